The van der Waals surface area contributed by atoms with E-state index in [9.17, 15) is 4.79 Å². The van der Waals surface area contributed by atoms with Crippen LogP contribution in [0.15, 0.2) is 24.3 Å². The Morgan fingerprint density at radius 2 is 2.23 bits per heavy atom. The monoisotopic (exact) mass is 304 g/mol. The molecule has 2 rings (SSSR count). The van der Waals surface area contributed by atoms with E-state index in [0.29, 0.717) is 24.4 Å². The molecular formula is C18H28N2O2. The highest BCUT2D eigenvalue weighted by Crippen LogP contribution is 2.22. The third kappa shape index (κ3) is 5.02. The number of piperidine rings is 1. The van der Waals surface area contributed by atoms with E-state index in [1.165, 1.54) is 5.56 Å². The highest BCUT2D eigenvalue weighted by molar-refractivity contribution is 5.76. The van der Waals surface area contributed by atoms with Crippen LogP contribution in [0.5, 0.6) is 5.75 Å². The molecule has 1 saturated heterocycles. The summed E-state index contributed by atoms with van der Waals surface area (Å²) in [6.07, 6.45) is 3.47. The Morgan fingerprint density at radius 3 is 2.95 bits per heavy atom. The molecule has 1 aliphatic heterocycles. The summed E-state index contributed by atoms with van der Waals surface area (Å²) in [4.78, 5) is 12.2. The third-order valence-electron chi connectivity index (χ3n) is 4.28. The van der Waals surface area contributed by atoms with E-state index in [0.717, 1.165) is 31.6 Å². The molecule has 4 nitrogen and oxygen atoms in total. The molecule has 0 bridgehead atoms. The van der Waals surface area contributed by atoms with Gasteiger partial charge in [0.1, 0.15) is 5.75 Å². The van der Waals surface area contributed by atoms with Crippen molar-refractivity contribution in [1.82, 2.24) is 10.6 Å². The number of hydrogen-bond donors (Lipinski definition) is 2. The normalized spacial score (nSPS) is 22.9. The van der Waals surface area contributed by atoms with Crippen LogP contribution in [0.25, 0.3) is 0 Å². The first-order valence-electron chi connectivity index (χ1n) is 8.23. The van der Waals surface area contributed by atoms with E-state index in [2.05, 4.69) is 30.5 Å². The summed E-state index contributed by atoms with van der Waals surface area (Å²) in [6, 6.07) is 8.84. The second-order valence-electron chi connectivity index (χ2n) is 6.47. The minimum Gasteiger partial charge on any atom is -0.496 e. The highest BCUT2D eigenvalue weighted by Gasteiger charge is 2.21. The number of amides is 1. The quantitative estimate of drug-likeness (QED) is 0.849. The van der Waals surface area contributed by atoms with Gasteiger partial charge in [0.15, 0.2) is 0 Å². The van der Waals surface area contributed by atoms with Crippen LogP contribution in [0.4, 0.5) is 0 Å². The van der Waals surface area contributed by atoms with Crippen LogP contribution in [-0.4, -0.2) is 31.6 Å². The van der Waals surface area contributed by atoms with Crippen LogP contribution in [0.1, 0.15) is 38.7 Å². The summed E-state index contributed by atoms with van der Waals surface area (Å²) in [5.41, 5.74) is 1.17. The van der Waals surface area contributed by atoms with Gasteiger partial charge in [0.2, 0.25) is 5.91 Å². The maximum absolute atomic E-state index is 12.2. The molecule has 22 heavy (non-hydrogen) atoms. The molecule has 1 amide bonds. The number of methoxy groups -OCH3 is 1. The first-order valence-corrected chi connectivity index (χ1v) is 8.23. The van der Waals surface area contributed by atoms with Crippen LogP contribution >= 0.6 is 0 Å². The molecule has 1 heterocycles. The van der Waals surface area contributed by atoms with Gasteiger partial charge in [0.25, 0.3) is 0 Å². The molecule has 1 aromatic rings. The van der Waals surface area contributed by atoms with E-state index < -0.39 is 0 Å². The zero-order valence-electron chi connectivity index (χ0n) is 13.9. The smallest absolute Gasteiger partial charge is 0.220 e. The molecule has 122 valence electrons. The summed E-state index contributed by atoms with van der Waals surface area (Å²) < 4.78 is 5.38. The molecular weight excluding hydrogens is 276 g/mol. The Morgan fingerprint density at radius 1 is 1.45 bits per heavy atom. The number of ether oxygens (including phenoxy) is 1. The molecule has 0 radical (unpaired) electrons. The fourth-order valence-corrected chi connectivity index (χ4v) is 3.19. The Hall–Kier alpha value is -1.55. The van der Waals surface area contributed by atoms with Crippen molar-refractivity contribution in [1.29, 1.82) is 0 Å². The molecule has 0 aliphatic carbocycles. The molecule has 1 aromatic carbocycles. The van der Waals surface area contributed by atoms with Crippen LogP contribution in [0.2, 0.25) is 0 Å². The summed E-state index contributed by atoms with van der Waals surface area (Å²) in [5.74, 6) is 1.37. The number of benzene rings is 1. The van der Waals surface area contributed by atoms with Gasteiger partial charge in [0, 0.05) is 18.5 Å². The molecule has 0 saturated carbocycles. The van der Waals surface area contributed by atoms with Gasteiger partial charge in [-0.1, -0.05) is 25.1 Å². The SMILES string of the molecule is COc1ccccc1CC(C)CC(=O)NC1CCNC(C)C1. The van der Waals surface area contributed by atoms with Crippen molar-refractivity contribution in [2.45, 2.75) is 51.6 Å². The van der Waals surface area contributed by atoms with Gasteiger partial charge in [0.05, 0.1) is 7.11 Å². The largest absolute Gasteiger partial charge is 0.496 e. The first kappa shape index (κ1) is 16.8. The van der Waals surface area contributed by atoms with E-state index in [1.54, 1.807) is 7.11 Å². The molecule has 0 spiro atoms. The lowest BCUT2D eigenvalue weighted by Gasteiger charge is -2.29. The fourth-order valence-electron chi connectivity index (χ4n) is 3.19. The topological polar surface area (TPSA) is 50.4 Å². The Labute approximate surface area is 133 Å². The number of carbonyl (C=O) groups excluding carboxylic acids is 1. The highest BCUT2D eigenvalue weighted by atomic mass is 16.5. The Bertz CT molecular complexity index is 490. The minimum atomic E-state index is 0.168. The van der Waals surface area contributed by atoms with Crippen LogP contribution in [0, 0.1) is 5.92 Å². The maximum atomic E-state index is 12.2. The van der Waals surface area contributed by atoms with E-state index in [4.69, 9.17) is 4.74 Å². The third-order valence-corrected chi connectivity index (χ3v) is 4.28. The standard InChI is InChI=1S/C18H28N2O2/c1-13(10-15-6-4-5-7-17(15)22-3)11-18(21)20-16-8-9-19-14(2)12-16/h4-7,13-14,16,19H,8-12H2,1-3H3,(H,20,21). The van der Waals surface area contributed by atoms with Crippen molar-refractivity contribution in [3.05, 3.63) is 29.8 Å². The van der Waals surface area contributed by atoms with Gasteiger partial charge in [-0.3, -0.25) is 4.79 Å². The maximum Gasteiger partial charge on any atom is 0.220 e. The molecule has 0 aromatic heterocycles. The number of para-hydroxylation sites is 1. The number of rotatable bonds is 6. The molecule has 3 unspecified atom stereocenters. The molecule has 1 aliphatic rings. The summed E-state index contributed by atoms with van der Waals surface area (Å²) >= 11 is 0. The predicted molar refractivity (Wildman–Crippen MR) is 89.1 cm³/mol. The van der Waals surface area contributed by atoms with E-state index in [1.807, 2.05) is 18.2 Å². The Kier molecular flexibility index (Phi) is 6.25. The average Bonchev–Trinajstić information content (AvgIpc) is 2.47. The minimum absolute atomic E-state index is 0.168. The van der Waals surface area contributed by atoms with E-state index in [-0.39, 0.29) is 5.91 Å². The lowest BCUT2D eigenvalue weighted by Crippen LogP contribution is -2.46. The lowest BCUT2D eigenvalue weighted by molar-refractivity contribution is -0.122. The van der Waals surface area contributed by atoms with Gasteiger partial charge in [-0.2, -0.15) is 0 Å². The second kappa shape index (κ2) is 8.18. The van der Waals surface area contributed by atoms with Gasteiger partial charge in [-0.25, -0.2) is 0 Å². The number of carbonyl (C=O) groups is 1. The van der Waals surface area contributed by atoms with Crippen LogP contribution < -0.4 is 15.4 Å². The van der Waals surface area contributed by atoms with Gasteiger partial charge >= 0.3 is 0 Å². The lowest BCUT2D eigenvalue weighted by atomic mass is 9.96. The van der Waals surface area contributed by atoms with Crippen molar-refractivity contribution in [2.75, 3.05) is 13.7 Å². The zero-order valence-corrected chi connectivity index (χ0v) is 13.9. The van der Waals surface area contributed by atoms with Crippen molar-refractivity contribution in [3.8, 4) is 5.75 Å². The van der Waals surface area contributed by atoms with Gasteiger partial charge in [-0.05, 0) is 50.3 Å². The summed E-state index contributed by atoms with van der Waals surface area (Å²) in [6.45, 7) is 5.28. The fraction of sp³-hybridized carbons (Fsp3) is 0.611. The average molecular weight is 304 g/mol. The second-order valence-corrected chi connectivity index (χ2v) is 6.47. The van der Waals surface area contributed by atoms with Crippen molar-refractivity contribution >= 4 is 5.91 Å². The van der Waals surface area contributed by atoms with Crippen LogP contribution in [-0.2, 0) is 11.2 Å². The van der Waals surface area contributed by atoms with Gasteiger partial charge < -0.3 is 15.4 Å². The Balaban J connectivity index is 1.81. The van der Waals surface area contributed by atoms with Crippen molar-refractivity contribution in [2.24, 2.45) is 5.92 Å². The van der Waals surface area contributed by atoms with Gasteiger partial charge in [-0.15, -0.1) is 0 Å². The first-order chi connectivity index (χ1) is 10.6. The van der Waals surface area contributed by atoms with Crippen LogP contribution in [0.3, 0.4) is 0 Å². The van der Waals surface area contributed by atoms with E-state index >= 15 is 0 Å². The summed E-state index contributed by atoms with van der Waals surface area (Å²) in [7, 11) is 1.69. The summed E-state index contributed by atoms with van der Waals surface area (Å²) in [5, 5.41) is 6.59. The number of nitrogens with one attached hydrogen (secondary N) is 2. The zero-order chi connectivity index (χ0) is 15.9. The molecule has 4 heteroatoms. The molecule has 2 N–H and O–H groups in total. The molecule has 3 atom stereocenters. The van der Waals surface area contributed by atoms with Crippen molar-refractivity contribution in [3.63, 3.8) is 0 Å². The number of hydrogen-bond acceptors (Lipinski definition) is 3. The van der Waals surface area contributed by atoms with Crippen molar-refractivity contribution < 1.29 is 9.53 Å². The molecule has 1 fully saturated rings. The predicted octanol–water partition coefficient (Wildman–Crippen LogP) is 2.52.